The number of benzene rings is 1. The molecule has 0 aliphatic rings. The van der Waals surface area contributed by atoms with E-state index in [4.69, 9.17) is 10.5 Å². The molecule has 0 bridgehead atoms. The number of nitrogens with one attached hydrogen (secondary N) is 1. The Morgan fingerprint density at radius 3 is 2.90 bits per heavy atom. The lowest BCUT2D eigenvalue weighted by Gasteiger charge is -2.08. The number of ether oxygens (including phenoxy) is 1. The van der Waals surface area contributed by atoms with Crippen LogP contribution in [0.15, 0.2) is 40.0 Å². The van der Waals surface area contributed by atoms with E-state index in [9.17, 15) is 8.42 Å². The smallest absolute Gasteiger partial charge is 0.263 e. The van der Waals surface area contributed by atoms with Crippen LogP contribution in [0.2, 0.25) is 0 Å². The summed E-state index contributed by atoms with van der Waals surface area (Å²) in [5.74, 6) is 0. The molecule has 0 fully saturated rings. The van der Waals surface area contributed by atoms with Gasteiger partial charge in [-0.3, -0.25) is 9.40 Å². The molecule has 0 unspecified atom stereocenters. The molecular formula is C12H15BrN4O3S. The van der Waals surface area contributed by atoms with Gasteiger partial charge < -0.3 is 10.5 Å². The first kappa shape index (κ1) is 15.8. The third-order valence-corrected chi connectivity index (χ3v) is 5.01. The molecule has 0 atom stereocenters. The zero-order valence-electron chi connectivity index (χ0n) is 11.3. The number of aromatic nitrogens is 2. The largest absolute Gasteiger partial charge is 0.399 e. The van der Waals surface area contributed by atoms with E-state index in [-0.39, 0.29) is 4.90 Å². The molecule has 2 aromatic rings. The van der Waals surface area contributed by atoms with Gasteiger partial charge in [0.2, 0.25) is 0 Å². The van der Waals surface area contributed by atoms with Crippen LogP contribution < -0.4 is 10.5 Å². The number of anilines is 2. The molecule has 1 aromatic carbocycles. The molecule has 21 heavy (non-hydrogen) atoms. The van der Waals surface area contributed by atoms with Gasteiger partial charge in [0.1, 0.15) is 4.90 Å². The molecule has 7 nitrogen and oxygen atoms in total. The van der Waals surface area contributed by atoms with Crippen molar-refractivity contribution in [3.05, 3.63) is 35.1 Å². The maximum absolute atomic E-state index is 12.3. The van der Waals surface area contributed by atoms with E-state index < -0.39 is 10.0 Å². The second-order valence-corrected chi connectivity index (χ2v) is 6.79. The maximum Gasteiger partial charge on any atom is 0.263 e. The normalized spacial score (nSPS) is 11.5. The van der Waals surface area contributed by atoms with Gasteiger partial charge in [-0.05, 0) is 34.1 Å². The Morgan fingerprint density at radius 2 is 2.24 bits per heavy atom. The van der Waals surface area contributed by atoms with Crippen molar-refractivity contribution in [3.8, 4) is 0 Å². The minimum Gasteiger partial charge on any atom is -0.399 e. The fourth-order valence-electron chi connectivity index (χ4n) is 1.67. The average Bonchev–Trinajstić information content (AvgIpc) is 2.82. The number of hydrogen-bond acceptors (Lipinski definition) is 5. The number of rotatable bonds is 6. The SMILES string of the molecule is COCCn1cc(NS(=O)(=O)c2ccc(N)cc2Br)cn1. The quantitative estimate of drug-likeness (QED) is 0.749. The predicted octanol–water partition coefficient (Wildman–Crippen LogP) is 1.67. The third-order valence-electron chi connectivity index (χ3n) is 2.66. The van der Waals surface area contributed by atoms with Gasteiger partial charge in [-0.25, -0.2) is 8.42 Å². The zero-order valence-corrected chi connectivity index (χ0v) is 13.7. The van der Waals surface area contributed by atoms with Crippen LogP contribution in [0.1, 0.15) is 0 Å². The van der Waals surface area contributed by atoms with Crippen molar-refractivity contribution in [2.75, 3.05) is 24.2 Å². The average molecular weight is 375 g/mol. The molecule has 0 aliphatic carbocycles. The summed E-state index contributed by atoms with van der Waals surface area (Å²) in [6.45, 7) is 1.04. The number of methoxy groups -OCH3 is 1. The van der Waals surface area contributed by atoms with Gasteiger partial charge in [0.05, 0.1) is 25.0 Å². The molecule has 0 saturated carbocycles. The summed E-state index contributed by atoms with van der Waals surface area (Å²) in [7, 11) is -2.12. The van der Waals surface area contributed by atoms with Crippen LogP contribution >= 0.6 is 15.9 Å². The van der Waals surface area contributed by atoms with Crippen molar-refractivity contribution in [2.24, 2.45) is 0 Å². The summed E-state index contributed by atoms with van der Waals surface area (Å²) in [6.07, 6.45) is 3.04. The van der Waals surface area contributed by atoms with E-state index in [0.717, 1.165) is 0 Å². The summed E-state index contributed by atoms with van der Waals surface area (Å²) in [6, 6.07) is 4.51. The molecule has 114 valence electrons. The highest BCUT2D eigenvalue weighted by molar-refractivity contribution is 9.10. The Kier molecular flexibility index (Phi) is 4.86. The van der Waals surface area contributed by atoms with Gasteiger partial charge >= 0.3 is 0 Å². The number of halogens is 1. The molecule has 1 aromatic heterocycles. The highest BCUT2D eigenvalue weighted by Crippen LogP contribution is 2.26. The monoisotopic (exact) mass is 374 g/mol. The minimum absolute atomic E-state index is 0.112. The van der Waals surface area contributed by atoms with Gasteiger partial charge in [0, 0.05) is 23.5 Å². The van der Waals surface area contributed by atoms with E-state index in [1.807, 2.05) is 0 Å². The first-order valence-corrected chi connectivity index (χ1v) is 8.29. The topological polar surface area (TPSA) is 99.2 Å². The molecule has 2 rings (SSSR count). The van der Waals surface area contributed by atoms with E-state index >= 15 is 0 Å². The van der Waals surface area contributed by atoms with E-state index in [2.05, 4.69) is 25.8 Å². The van der Waals surface area contributed by atoms with Crippen molar-refractivity contribution in [3.63, 3.8) is 0 Å². The molecule has 0 aliphatic heterocycles. The lowest BCUT2D eigenvalue weighted by molar-refractivity contribution is 0.183. The van der Waals surface area contributed by atoms with Crippen LogP contribution in [0, 0.1) is 0 Å². The van der Waals surface area contributed by atoms with Gasteiger partial charge in [-0.2, -0.15) is 5.10 Å². The molecule has 3 N–H and O–H groups in total. The van der Waals surface area contributed by atoms with Gasteiger partial charge in [-0.1, -0.05) is 0 Å². The molecule has 0 amide bonds. The highest BCUT2D eigenvalue weighted by atomic mass is 79.9. The molecule has 0 saturated heterocycles. The molecule has 0 spiro atoms. The van der Waals surface area contributed by atoms with Crippen LogP contribution in [0.25, 0.3) is 0 Å². The number of nitrogens with two attached hydrogens (primary N) is 1. The summed E-state index contributed by atoms with van der Waals surface area (Å²) in [5, 5.41) is 4.05. The minimum atomic E-state index is -3.70. The van der Waals surface area contributed by atoms with Crippen molar-refractivity contribution >= 4 is 37.3 Å². The van der Waals surface area contributed by atoms with Crippen molar-refractivity contribution < 1.29 is 13.2 Å². The standard InChI is InChI=1S/C12H15BrN4O3S/c1-20-5-4-17-8-10(7-15-17)16-21(18,19)12-3-2-9(14)6-11(12)13/h2-3,6-8,16H,4-5,14H2,1H3. The molecule has 0 radical (unpaired) electrons. The lowest BCUT2D eigenvalue weighted by atomic mass is 10.3. The van der Waals surface area contributed by atoms with Crippen LogP contribution in [-0.2, 0) is 21.3 Å². The Balaban J connectivity index is 2.19. The highest BCUT2D eigenvalue weighted by Gasteiger charge is 2.18. The van der Waals surface area contributed by atoms with E-state index in [1.165, 1.54) is 24.4 Å². The first-order valence-electron chi connectivity index (χ1n) is 6.01. The van der Waals surface area contributed by atoms with Crippen molar-refractivity contribution in [2.45, 2.75) is 11.4 Å². The van der Waals surface area contributed by atoms with Crippen LogP contribution in [-0.4, -0.2) is 31.9 Å². The van der Waals surface area contributed by atoms with Crippen LogP contribution in [0.4, 0.5) is 11.4 Å². The van der Waals surface area contributed by atoms with Crippen LogP contribution in [0.5, 0.6) is 0 Å². The summed E-state index contributed by atoms with van der Waals surface area (Å²) >= 11 is 3.20. The third kappa shape index (κ3) is 3.96. The fourth-order valence-corrected chi connectivity index (χ4v) is 3.79. The second kappa shape index (κ2) is 6.46. The second-order valence-electron chi connectivity index (χ2n) is 4.28. The van der Waals surface area contributed by atoms with Gasteiger partial charge in [-0.15, -0.1) is 0 Å². The summed E-state index contributed by atoms with van der Waals surface area (Å²) in [4.78, 5) is 0.112. The number of nitrogen functional groups attached to an aromatic ring is 1. The van der Waals surface area contributed by atoms with E-state index in [0.29, 0.717) is 29.0 Å². The van der Waals surface area contributed by atoms with Gasteiger partial charge in [0.25, 0.3) is 10.0 Å². The fraction of sp³-hybridized carbons (Fsp3) is 0.250. The molecular weight excluding hydrogens is 360 g/mol. The number of sulfonamides is 1. The Morgan fingerprint density at radius 1 is 1.48 bits per heavy atom. The number of nitrogens with zero attached hydrogens (tertiary/aromatic N) is 2. The van der Waals surface area contributed by atoms with E-state index in [1.54, 1.807) is 18.0 Å². The number of hydrogen-bond donors (Lipinski definition) is 2. The Hall–Kier alpha value is -1.58. The van der Waals surface area contributed by atoms with Gasteiger partial charge in [0.15, 0.2) is 0 Å². The Bertz CT molecular complexity index is 730. The molecule has 1 heterocycles. The molecule has 9 heteroatoms. The summed E-state index contributed by atoms with van der Waals surface area (Å²) < 4.78 is 34.0. The van der Waals surface area contributed by atoms with Crippen molar-refractivity contribution in [1.82, 2.24) is 9.78 Å². The zero-order chi connectivity index (χ0) is 15.5. The lowest BCUT2D eigenvalue weighted by Crippen LogP contribution is -2.13. The summed E-state index contributed by atoms with van der Waals surface area (Å²) in [5.41, 5.74) is 6.47. The van der Waals surface area contributed by atoms with Crippen LogP contribution in [0.3, 0.4) is 0 Å². The predicted molar refractivity (Wildman–Crippen MR) is 83.5 cm³/mol. The Labute approximate surface area is 131 Å². The first-order chi connectivity index (χ1) is 9.92. The van der Waals surface area contributed by atoms with Crippen molar-refractivity contribution in [1.29, 1.82) is 0 Å². The maximum atomic E-state index is 12.3.